The Morgan fingerprint density at radius 3 is 1.84 bits per heavy atom. The second-order valence-corrected chi connectivity index (χ2v) is 14.5. The van der Waals surface area contributed by atoms with E-state index in [1.165, 1.54) is 17.5 Å². The molecule has 11 rings (SSSR count). The highest BCUT2D eigenvalue weighted by atomic mass is 16.3. The third kappa shape index (κ3) is 6.03. The number of furan rings is 1. The number of rotatable bonds is 5. The van der Waals surface area contributed by atoms with Crippen LogP contribution in [-0.2, 0) is 0 Å². The van der Waals surface area contributed by atoms with Crippen molar-refractivity contribution in [3.63, 3.8) is 0 Å². The zero-order chi connectivity index (χ0) is 38.3. The number of fused-ring (bicyclic) bond motifs is 7. The second kappa shape index (κ2) is 14.4. The summed E-state index contributed by atoms with van der Waals surface area (Å²) in [7, 11) is 0. The van der Waals surface area contributed by atoms with Gasteiger partial charge in [-0.1, -0.05) is 166 Å². The molecule has 0 N–H and O–H groups in total. The van der Waals surface area contributed by atoms with Crippen molar-refractivity contribution < 1.29 is 4.42 Å². The highest BCUT2D eigenvalue weighted by Crippen LogP contribution is 2.41. The molecule has 0 saturated carbocycles. The van der Waals surface area contributed by atoms with E-state index < -0.39 is 0 Å². The summed E-state index contributed by atoms with van der Waals surface area (Å²) >= 11 is 0. The van der Waals surface area contributed by atoms with Crippen LogP contribution in [0.15, 0.2) is 192 Å². The molecule has 8 aromatic carbocycles. The van der Waals surface area contributed by atoms with Crippen LogP contribution in [0, 0.1) is 0 Å². The smallest absolute Gasteiger partial charge is 0.235 e. The lowest BCUT2D eigenvalue weighted by molar-refractivity contribution is 0.669. The Hall–Kier alpha value is -7.30. The molecule has 0 aliphatic carbocycles. The molecule has 0 atom stereocenters. The van der Waals surface area contributed by atoms with Gasteiger partial charge in [0.2, 0.25) is 5.95 Å². The Kier molecular flexibility index (Phi) is 8.65. The lowest BCUT2D eigenvalue weighted by Crippen LogP contribution is -2.04. The minimum atomic E-state index is 0.638. The quantitative estimate of drug-likeness (QED) is 0.177. The van der Waals surface area contributed by atoms with Gasteiger partial charge in [0.25, 0.3) is 0 Å². The van der Waals surface area contributed by atoms with E-state index in [2.05, 4.69) is 182 Å². The Morgan fingerprint density at radius 2 is 1.02 bits per heavy atom. The topological polar surface area (TPSA) is 43.9 Å². The number of para-hydroxylation sites is 3. The van der Waals surface area contributed by atoms with Crippen molar-refractivity contribution in [3.8, 4) is 50.6 Å². The van der Waals surface area contributed by atoms with Crippen molar-refractivity contribution in [1.82, 2.24) is 14.5 Å². The molecular formula is C53H39N3O. The van der Waals surface area contributed by atoms with Crippen LogP contribution in [0.4, 0.5) is 0 Å². The standard InChI is InChI=1S/C50H31N3O.C3H8/c1-3-13-32(14-4-1)35-26-28-45-43(30-35)41-22-12-21-38(37-18-11-17-34(29-37)36-25-27-40-39-19-8-10-24-46(39)54-47(40)31-36)49(41)53(45)50-51-44-23-9-7-20-42(44)48(52-50)33-15-5-2-6-16-33;1-3-2/h1-31H;3H2,1-2H3. The van der Waals surface area contributed by atoms with Crippen molar-refractivity contribution in [3.05, 3.63) is 188 Å². The molecule has 0 aliphatic heterocycles. The minimum Gasteiger partial charge on any atom is -0.456 e. The largest absolute Gasteiger partial charge is 0.456 e. The van der Waals surface area contributed by atoms with Crippen LogP contribution in [0.3, 0.4) is 0 Å². The van der Waals surface area contributed by atoms with Gasteiger partial charge in [0, 0.05) is 38.1 Å². The third-order valence-electron chi connectivity index (χ3n) is 10.6. The van der Waals surface area contributed by atoms with Gasteiger partial charge in [-0.05, 0) is 70.3 Å². The van der Waals surface area contributed by atoms with E-state index in [9.17, 15) is 0 Å². The van der Waals surface area contributed by atoms with Gasteiger partial charge in [-0.15, -0.1) is 0 Å². The molecule has 0 bridgehead atoms. The Balaban J connectivity index is 0.00000128. The van der Waals surface area contributed by atoms with Crippen LogP contribution in [0.2, 0.25) is 0 Å². The summed E-state index contributed by atoms with van der Waals surface area (Å²) in [6.07, 6.45) is 1.25. The summed E-state index contributed by atoms with van der Waals surface area (Å²) in [5, 5.41) is 5.58. The van der Waals surface area contributed by atoms with Gasteiger partial charge >= 0.3 is 0 Å². The average molecular weight is 734 g/mol. The van der Waals surface area contributed by atoms with Crippen LogP contribution in [-0.4, -0.2) is 14.5 Å². The summed E-state index contributed by atoms with van der Waals surface area (Å²) in [5.41, 5.74) is 13.6. The van der Waals surface area contributed by atoms with Crippen LogP contribution in [0.5, 0.6) is 0 Å². The number of benzene rings is 8. The molecule has 0 spiro atoms. The summed E-state index contributed by atoms with van der Waals surface area (Å²) < 4.78 is 8.55. The van der Waals surface area contributed by atoms with Crippen LogP contribution in [0.1, 0.15) is 20.3 Å². The predicted octanol–water partition coefficient (Wildman–Crippen LogP) is 14.7. The van der Waals surface area contributed by atoms with Crippen LogP contribution >= 0.6 is 0 Å². The fraction of sp³-hybridized carbons (Fsp3) is 0.0566. The van der Waals surface area contributed by atoms with E-state index in [4.69, 9.17) is 14.4 Å². The molecular weight excluding hydrogens is 695 g/mol. The maximum atomic E-state index is 6.28. The van der Waals surface area contributed by atoms with Crippen molar-refractivity contribution >= 4 is 54.6 Å². The monoisotopic (exact) mass is 733 g/mol. The van der Waals surface area contributed by atoms with E-state index in [0.717, 1.165) is 88.2 Å². The first-order valence-electron chi connectivity index (χ1n) is 19.7. The normalized spacial score (nSPS) is 11.4. The van der Waals surface area contributed by atoms with E-state index in [1.54, 1.807) is 0 Å². The molecule has 0 fully saturated rings. The number of hydrogen-bond acceptors (Lipinski definition) is 3. The second-order valence-electron chi connectivity index (χ2n) is 14.5. The first-order chi connectivity index (χ1) is 28.2. The van der Waals surface area contributed by atoms with E-state index in [1.807, 2.05) is 24.3 Å². The molecule has 0 aliphatic rings. The Morgan fingerprint density at radius 1 is 0.421 bits per heavy atom. The lowest BCUT2D eigenvalue weighted by Gasteiger charge is -2.14. The summed E-state index contributed by atoms with van der Waals surface area (Å²) in [4.78, 5) is 10.7. The fourth-order valence-corrected chi connectivity index (χ4v) is 8.07. The molecule has 272 valence electrons. The average Bonchev–Trinajstić information content (AvgIpc) is 3.82. The van der Waals surface area contributed by atoms with Gasteiger partial charge in [0.15, 0.2) is 0 Å². The SMILES string of the molecule is CCC.c1ccc(-c2ccc3c(c2)c2cccc(-c4cccc(-c5ccc6c(c5)oc5ccccc56)c4)c2n3-c2nc(-c3ccccc3)c3ccccc3n2)cc1. The van der Waals surface area contributed by atoms with Gasteiger partial charge in [0.1, 0.15) is 11.2 Å². The van der Waals surface area contributed by atoms with Crippen molar-refractivity contribution in [2.75, 3.05) is 0 Å². The summed E-state index contributed by atoms with van der Waals surface area (Å²) in [6.45, 7) is 4.25. The summed E-state index contributed by atoms with van der Waals surface area (Å²) in [5.74, 6) is 0.638. The number of aromatic nitrogens is 3. The van der Waals surface area contributed by atoms with Gasteiger partial charge in [-0.3, -0.25) is 4.57 Å². The van der Waals surface area contributed by atoms with Gasteiger partial charge in [-0.25, -0.2) is 9.97 Å². The lowest BCUT2D eigenvalue weighted by atomic mass is 9.96. The number of nitrogens with zero attached hydrogens (tertiary/aromatic N) is 3. The van der Waals surface area contributed by atoms with E-state index in [0.29, 0.717) is 5.95 Å². The zero-order valence-electron chi connectivity index (χ0n) is 31.9. The first-order valence-corrected chi connectivity index (χ1v) is 19.7. The summed E-state index contributed by atoms with van der Waals surface area (Å²) in [6, 6.07) is 66.2. The molecule has 4 heteroatoms. The number of hydrogen-bond donors (Lipinski definition) is 0. The first kappa shape index (κ1) is 34.2. The van der Waals surface area contributed by atoms with Gasteiger partial charge in [0.05, 0.1) is 22.2 Å². The molecule has 57 heavy (non-hydrogen) atoms. The van der Waals surface area contributed by atoms with E-state index in [-0.39, 0.29) is 0 Å². The maximum Gasteiger partial charge on any atom is 0.235 e. The molecule has 0 saturated heterocycles. The Labute approximate surface area is 331 Å². The molecule has 0 amide bonds. The fourth-order valence-electron chi connectivity index (χ4n) is 8.07. The molecule has 3 heterocycles. The highest BCUT2D eigenvalue weighted by Gasteiger charge is 2.21. The predicted molar refractivity (Wildman–Crippen MR) is 239 cm³/mol. The molecule has 3 aromatic heterocycles. The third-order valence-corrected chi connectivity index (χ3v) is 10.6. The molecule has 0 radical (unpaired) electrons. The van der Waals surface area contributed by atoms with Gasteiger partial charge < -0.3 is 4.42 Å². The van der Waals surface area contributed by atoms with Crippen molar-refractivity contribution in [1.29, 1.82) is 0 Å². The minimum absolute atomic E-state index is 0.638. The molecule has 0 unspecified atom stereocenters. The van der Waals surface area contributed by atoms with Crippen molar-refractivity contribution in [2.45, 2.75) is 20.3 Å². The van der Waals surface area contributed by atoms with Gasteiger partial charge in [-0.2, -0.15) is 0 Å². The molecule has 11 aromatic rings. The molecule has 4 nitrogen and oxygen atoms in total. The van der Waals surface area contributed by atoms with Crippen LogP contribution < -0.4 is 0 Å². The Bertz CT molecular complexity index is 3230. The van der Waals surface area contributed by atoms with Crippen molar-refractivity contribution in [2.24, 2.45) is 0 Å². The van der Waals surface area contributed by atoms with Crippen LogP contribution in [0.25, 0.3) is 105 Å². The highest BCUT2D eigenvalue weighted by molar-refractivity contribution is 6.15. The van der Waals surface area contributed by atoms with E-state index >= 15 is 0 Å². The zero-order valence-corrected chi connectivity index (χ0v) is 31.9. The maximum absolute atomic E-state index is 6.28.